The van der Waals surface area contributed by atoms with Crippen LogP contribution >= 0.6 is 0 Å². The highest BCUT2D eigenvalue weighted by Crippen LogP contribution is 2.37. The lowest BCUT2D eigenvalue weighted by molar-refractivity contribution is -0.0230. The molecular weight excluding hydrogens is 260 g/mol. The molecule has 0 radical (unpaired) electrons. The van der Waals surface area contributed by atoms with Crippen LogP contribution in [-0.4, -0.2) is 50.3 Å². The van der Waals surface area contributed by atoms with Crippen molar-refractivity contribution in [2.45, 2.75) is 71.4 Å². The molecule has 2 aliphatic rings. The Kier molecular flexibility index (Phi) is 6.51. The Balaban J connectivity index is 1.94. The molecule has 1 saturated carbocycles. The highest BCUT2D eigenvalue weighted by molar-refractivity contribution is 4.90. The fourth-order valence-corrected chi connectivity index (χ4v) is 4.14. The lowest BCUT2D eigenvalue weighted by atomic mass is 9.73. The van der Waals surface area contributed by atoms with E-state index in [1.54, 1.807) is 0 Å². The van der Waals surface area contributed by atoms with Crippen LogP contribution in [0.1, 0.15) is 59.3 Å². The lowest BCUT2D eigenvalue weighted by Crippen LogP contribution is -2.51. The van der Waals surface area contributed by atoms with E-state index in [1.807, 2.05) is 7.11 Å². The van der Waals surface area contributed by atoms with E-state index >= 15 is 0 Å². The Bertz CT molecular complexity index is 300. The van der Waals surface area contributed by atoms with Gasteiger partial charge in [-0.05, 0) is 37.1 Å². The highest BCUT2D eigenvalue weighted by Gasteiger charge is 2.36. The molecule has 1 heterocycles. The average molecular weight is 296 g/mol. The summed E-state index contributed by atoms with van der Waals surface area (Å²) >= 11 is 0. The monoisotopic (exact) mass is 296 g/mol. The Morgan fingerprint density at radius 1 is 1.24 bits per heavy atom. The summed E-state index contributed by atoms with van der Waals surface area (Å²) in [6, 6.07) is 0.594. The van der Waals surface area contributed by atoms with E-state index in [1.165, 1.54) is 58.2 Å². The average Bonchev–Trinajstić information content (AvgIpc) is 2.48. The van der Waals surface area contributed by atoms with Gasteiger partial charge in [-0.15, -0.1) is 0 Å². The molecule has 2 unspecified atom stereocenters. The van der Waals surface area contributed by atoms with Crippen molar-refractivity contribution >= 4 is 0 Å². The molecule has 2 fully saturated rings. The topological polar surface area (TPSA) is 24.5 Å². The minimum absolute atomic E-state index is 0.428. The molecule has 3 nitrogen and oxygen atoms in total. The van der Waals surface area contributed by atoms with Crippen molar-refractivity contribution in [1.29, 1.82) is 0 Å². The maximum Gasteiger partial charge on any atom is 0.0724 e. The summed E-state index contributed by atoms with van der Waals surface area (Å²) in [5.74, 6) is 0.711. The van der Waals surface area contributed by atoms with Crippen molar-refractivity contribution in [2.24, 2.45) is 11.3 Å². The third-order valence-electron chi connectivity index (χ3n) is 5.63. The molecular formula is C18H36N2O. The standard InChI is InChI=1S/C18H36N2O/c1-15(2)19-13-18(9-6-5-7-10-18)14-20-11-8-16(3)17(12-20)21-4/h15-17,19H,5-14H2,1-4H3. The predicted octanol–water partition coefficient (Wildman–Crippen LogP) is 3.29. The fraction of sp³-hybridized carbons (Fsp3) is 1.00. The molecule has 1 aliphatic heterocycles. The molecule has 124 valence electrons. The minimum atomic E-state index is 0.428. The zero-order valence-electron chi connectivity index (χ0n) is 14.7. The van der Waals surface area contributed by atoms with E-state index in [9.17, 15) is 0 Å². The van der Waals surface area contributed by atoms with Gasteiger partial charge in [-0.25, -0.2) is 0 Å². The molecule has 2 atom stereocenters. The van der Waals surface area contributed by atoms with Gasteiger partial charge in [0.25, 0.3) is 0 Å². The molecule has 0 aromatic heterocycles. The van der Waals surface area contributed by atoms with Gasteiger partial charge < -0.3 is 15.0 Å². The van der Waals surface area contributed by atoms with Crippen molar-refractivity contribution < 1.29 is 4.74 Å². The van der Waals surface area contributed by atoms with Crippen LogP contribution in [0.3, 0.4) is 0 Å². The van der Waals surface area contributed by atoms with Gasteiger partial charge in [0.2, 0.25) is 0 Å². The fourth-order valence-electron chi connectivity index (χ4n) is 4.14. The Morgan fingerprint density at radius 3 is 2.57 bits per heavy atom. The van der Waals surface area contributed by atoms with E-state index in [4.69, 9.17) is 4.74 Å². The minimum Gasteiger partial charge on any atom is -0.380 e. The number of likely N-dealkylation sites (tertiary alicyclic amines) is 1. The van der Waals surface area contributed by atoms with Crippen LogP contribution in [-0.2, 0) is 4.74 Å². The van der Waals surface area contributed by atoms with E-state index < -0.39 is 0 Å². The van der Waals surface area contributed by atoms with Gasteiger partial charge in [-0.2, -0.15) is 0 Å². The Labute approximate surface area is 131 Å². The molecule has 1 aliphatic carbocycles. The van der Waals surface area contributed by atoms with Crippen LogP contribution in [0, 0.1) is 11.3 Å². The first kappa shape index (κ1) is 17.2. The third-order valence-corrected chi connectivity index (χ3v) is 5.63. The number of hydrogen-bond donors (Lipinski definition) is 1. The second kappa shape index (κ2) is 7.94. The Morgan fingerprint density at radius 2 is 1.95 bits per heavy atom. The van der Waals surface area contributed by atoms with E-state index in [2.05, 4.69) is 31.0 Å². The van der Waals surface area contributed by atoms with Crippen molar-refractivity contribution in [3.8, 4) is 0 Å². The van der Waals surface area contributed by atoms with Crippen molar-refractivity contribution in [1.82, 2.24) is 10.2 Å². The first-order valence-corrected chi connectivity index (χ1v) is 9.03. The molecule has 1 saturated heterocycles. The SMILES string of the molecule is COC1CN(CC2(CNC(C)C)CCCCC2)CCC1C. The third kappa shape index (κ3) is 4.94. The molecule has 0 aromatic rings. The van der Waals surface area contributed by atoms with Crippen molar-refractivity contribution in [3.63, 3.8) is 0 Å². The van der Waals surface area contributed by atoms with Crippen LogP contribution < -0.4 is 5.32 Å². The van der Waals surface area contributed by atoms with Gasteiger partial charge in [-0.1, -0.05) is 40.0 Å². The van der Waals surface area contributed by atoms with Crippen molar-refractivity contribution in [3.05, 3.63) is 0 Å². The summed E-state index contributed by atoms with van der Waals surface area (Å²) in [5.41, 5.74) is 0.501. The zero-order valence-corrected chi connectivity index (χ0v) is 14.7. The molecule has 0 aromatic carbocycles. The van der Waals surface area contributed by atoms with Gasteiger partial charge in [0, 0.05) is 32.8 Å². The number of ether oxygens (including phenoxy) is 1. The molecule has 1 N–H and O–H groups in total. The molecule has 0 amide bonds. The molecule has 2 rings (SSSR count). The second-order valence-electron chi connectivity index (χ2n) is 7.87. The molecule has 0 spiro atoms. The van der Waals surface area contributed by atoms with E-state index in [-0.39, 0.29) is 0 Å². The van der Waals surface area contributed by atoms with Crippen molar-refractivity contribution in [2.75, 3.05) is 33.3 Å². The summed E-state index contributed by atoms with van der Waals surface area (Å²) in [6.45, 7) is 11.7. The normalized spacial score (nSPS) is 30.7. The quantitative estimate of drug-likeness (QED) is 0.814. The van der Waals surface area contributed by atoms with Gasteiger partial charge >= 0.3 is 0 Å². The summed E-state index contributed by atoms with van der Waals surface area (Å²) in [7, 11) is 1.88. The molecule has 3 heteroatoms. The van der Waals surface area contributed by atoms with Crippen LogP contribution in [0.2, 0.25) is 0 Å². The largest absolute Gasteiger partial charge is 0.380 e. The number of methoxy groups -OCH3 is 1. The molecule has 21 heavy (non-hydrogen) atoms. The number of nitrogens with one attached hydrogen (secondary N) is 1. The number of hydrogen-bond acceptors (Lipinski definition) is 3. The van der Waals surface area contributed by atoms with Crippen LogP contribution in [0.25, 0.3) is 0 Å². The van der Waals surface area contributed by atoms with Gasteiger partial charge in [-0.3, -0.25) is 0 Å². The van der Waals surface area contributed by atoms with Crippen LogP contribution in [0.15, 0.2) is 0 Å². The number of nitrogens with zero attached hydrogens (tertiary/aromatic N) is 1. The van der Waals surface area contributed by atoms with Gasteiger partial charge in [0.1, 0.15) is 0 Å². The van der Waals surface area contributed by atoms with Crippen LogP contribution in [0.5, 0.6) is 0 Å². The second-order valence-corrected chi connectivity index (χ2v) is 7.87. The van der Waals surface area contributed by atoms with Gasteiger partial charge in [0.15, 0.2) is 0 Å². The summed E-state index contributed by atoms with van der Waals surface area (Å²) in [5, 5.41) is 3.72. The number of piperidine rings is 1. The first-order chi connectivity index (χ1) is 10.0. The Hall–Kier alpha value is -0.120. The lowest BCUT2D eigenvalue weighted by Gasteiger charge is -2.45. The van der Waals surface area contributed by atoms with E-state index in [0.29, 0.717) is 23.5 Å². The summed E-state index contributed by atoms with van der Waals surface area (Å²) < 4.78 is 5.70. The zero-order chi connectivity index (χ0) is 15.3. The first-order valence-electron chi connectivity index (χ1n) is 9.03. The summed E-state index contributed by atoms with van der Waals surface area (Å²) in [4.78, 5) is 2.68. The highest BCUT2D eigenvalue weighted by atomic mass is 16.5. The van der Waals surface area contributed by atoms with Crippen LogP contribution in [0.4, 0.5) is 0 Å². The maximum absolute atomic E-state index is 5.70. The predicted molar refractivity (Wildman–Crippen MR) is 89.7 cm³/mol. The maximum atomic E-state index is 5.70. The number of rotatable bonds is 6. The van der Waals surface area contributed by atoms with E-state index in [0.717, 1.165) is 6.54 Å². The molecule has 0 bridgehead atoms. The smallest absolute Gasteiger partial charge is 0.0724 e. The van der Waals surface area contributed by atoms with Gasteiger partial charge in [0.05, 0.1) is 6.10 Å². The summed E-state index contributed by atoms with van der Waals surface area (Å²) in [6.07, 6.45) is 8.77.